The Labute approximate surface area is 89.0 Å². The lowest BCUT2D eigenvalue weighted by Crippen LogP contribution is -2.17. The van der Waals surface area contributed by atoms with Crippen molar-refractivity contribution in [3.63, 3.8) is 0 Å². The van der Waals surface area contributed by atoms with Crippen LogP contribution >= 0.6 is 11.6 Å². The highest BCUT2D eigenvalue weighted by molar-refractivity contribution is 6.33. The summed E-state index contributed by atoms with van der Waals surface area (Å²) >= 11 is 5.91. The van der Waals surface area contributed by atoms with Gasteiger partial charge in [0.2, 0.25) is 0 Å². The van der Waals surface area contributed by atoms with Crippen LogP contribution in [-0.2, 0) is 0 Å². The zero-order valence-electron chi connectivity index (χ0n) is 8.37. The summed E-state index contributed by atoms with van der Waals surface area (Å²) in [4.78, 5) is 8.27. The molecule has 2 N–H and O–H groups in total. The van der Waals surface area contributed by atoms with Gasteiger partial charge in [-0.25, -0.2) is 0 Å². The van der Waals surface area contributed by atoms with E-state index in [1.165, 1.54) is 0 Å². The first-order valence-electron chi connectivity index (χ1n) is 4.52. The summed E-state index contributed by atoms with van der Waals surface area (Å²) in [7, 11) is 0. The Morgan fingerprint density at radius 3 is 2.93 bits per heavy atom. The molecule has 4 heteroatoms. The minimum absolute atomic E-state index is 0.407. The Kier molecular flexibility index (Phi) is 3.89. The second-order valence-corrected chi connectivity index (χ2v) is 3.86. The molecule has 3 nitrogen and oxygen atoms in total. The van der Waals surface area contributed by atoms with Crippen molar-refractivity contribution in [2.45, 2.75) is 13.8 Å². The maximum atomic E-state index is 5.91. The van der Waals surface area contributed by atoms with E-state index in [4.69, 9.17) is 17.3 Å². The minimum Gasteiger partial charge on any atom is -0.382 e. The zero-order chi connectivity index (χ0) is 10.6. The third-order valence-electron chi connectivity index (χ3n) is 1.63. The van der Waals surface area contributed by atoms with Crippen molar-refractivity contribution in [2.24, 2.45) is 16.6 Å². The van der Waals surface area contributed by atoms with E-state index in [1.807, 2.05) is 0 Å². The zero-order valence-corrected chi connectivity index (χ0v) is 9.12. The molecule has 0 unspecified atom stereocenters. The molecule has 0 bridgehead atoms. The summed E-state index contributed by atoms with van der Waals surface area (Å²) in [6, 6.07) is 3.52. The molecule has 0 saturated carbocycles. The van der Waals surface area contributed by atoms with Crippen molar-refractivity contribution >= 4 is 17.4 Å². The maximum Gasteiger partial charge on any atom is 0.146 e. The Balaban J connectivity index is 2.84. The number of hydrogen-bond acceptors (Lipinski definition) is 2. The average molecular weight is 212 g/mol. The number of rotatable bonds is 3. The molecule has 0 aliphatic carbocycles. The van der Waals surface area contributed by atoms with Crippen LogP contribution in [0.2, 0.25) is 5.02 Å². The van der Waals surface area contributed by atoms with Crippen LogP contribution in [-0.4, -0.2) is 17.4 Å². The third-order valence-corrected chi connectivity index (χ3v) is 1.93. The van der Waals surface area contributed by atoms with Crippen molar-refractivity contribution < 1.29 is 0 Å². The van der Waals surface area contributed by atoms with Gasteiger partial charge in [-0.3, -0.25) is 9.98 Å². The number of nitrogens with zero attached hydrogens (tertiary/aromatic N) is 2. The van der Waals surface area contributed by atoms with Crippen LogP contribution in [0.4, 0.5) is 0 Å². The molecule has 1 aromatic rings. The maximum absolute atomic E-state index is 5.91. The topological polar surface area (TPSA) is 51.3 Å². The monoisotopic (exact) mass is 211 g/mol. The van der Waals surface area contributed by atoms with E-state index in [2.05, 4.69) is 23.8 Å². The van der Waals surface area contributed by atoms with Gasteiger partial charge in [0, 0.05) is 12.7 Å². The van der Waals surface area contributed by atoms with Crippen LogP contribution in [0.1, 0.15) is 19.5 Å². The molecular formula is C10H14ClN3. The summed E-state index contributed by atoms with van der Waals surface area (Å²) in [5, 5.41) is 0.539. The predicted molar refractivity (Wildman–Crippen MR) is 59.7 cm³/mol. The summed E-state index contributed by atoms with van der Waals surface area (Å²) in [6.07, 6.45) is 1.65. The van der Waals surface area contributed by atoms with Crippen LogP contribution in [0.3, 0.4) is 0 Å². The summed E-state index contributed by atoms with van der Waals surface area (Å²) in [5.74, 6) is 0.889. The molecule has 0 saturated heterocycles. The predicted octanol–water partition coefficient (Wildman–Crippen LogP) is 2.10. The standard InChI is InChI=1S/C10H14ClN3/c1-7(2)6-14-10(12)9-8(11)4-3-5-13-9/h3-5,7H,6H2,1-2H3,(H2,12,14). The highest BCUT2D eigenvalue weighted by atomic mass is 35.5. The quantitative estimate of drug-likeness (QED) is 0.615. The number of aromatic nitrogens is 1. The van der Waals surface area contributed by atoms with Gasteiger partial charge in [-0.2, -0.15) is 0 Å². The molecule has 0 radical (unpaired) electrons. The van der Waals surface area contributed by atoms with Gasteiger partial charge in [-0.05, 0) is 18.1 Å². The molecule has 0 spiro atoms. The van der Waals surface area contributed by atoms with Gasteiger partial charge >= 0.3 is 0 Å². The Hall–Kier alpha value is -1.09. The van der Waals surface area contributed by atoms with Gasteiger partial charge in [-0.1, -0.05) is 25.4 Å². The third kappa shape index (κ3) is 3.00. The molecule has 1 aromatic heterocycles. The smallest absolute Gasteiger partial charge is 0.146 e. The van der Waals surface area contributed by atoms with E-state index < -0.39 is 0 Å². The van der Waals surface area contributed by atoms with Gasteiger partial charge in [0.25, 0.3) is 0 Å². The van der Waals surface area contributed by atoms with E-state index in [0.717, 1.165) is 0 Å². The molecule has 0 fully saturated rings. The number of amidine groups is 1. The second kappa shape index (κ2) is 4.96. The lowest BCUT2D eigenvalue weighted by molar-refractivity contribution is 0.665. The van der Waals surface area contributed by atoms with E-state index in [1.54, 1.807) is 18.3 Å². The Bertz CT molecular complexity index is 334. The molecule has 0 aliphatic rings. The van der Waals surface area contributed by atoms with Gasteiger partial charge in [0.1, 0.15) is 11.5 Å². The molecule has 0 amide bonds. The largest absolute Gasteiger partial charge is 0.382 e. The van der Waals surface area contributed by atoms with Gasteiger partial charge in [-0.15, -0.1) is 0 Å². The molecular weight excluding hydrogens is 198 g/mol. The molecule has 76 valence electrons. The van der Waals surface area contributed by atoms with Crippen molar-refractivity contribution in [3.8, 4) is 0 Å². The first-order valence-corrected chi connectivity index (χ1v) is 4.90. The minimum atomic E-state index is 0.407. The van der Waals surface area contributed by atoms with Gasteiger partial charge in [0.05, 0.1) is 5.02 Å². The molecule has 0 aromatic carbocycles. The van der Waals surface area contributed by atoms with E-state index in [-0.39, 0.29) is 0 Å². The van der Waals surface area contributed by atoms with Crippen LogP contribution in [0.5, 0.6) is 0 Å². The number of hydrogen-bond donors (Lipinski definition) is 1. The van der Waals surface area contributed by atoms with Crippen LogP contribution in [0.25, 0.3) is 0 Å². The summed E-state index contributed by atoms with van der Waals surface area (Å²) in [6.45, 7) is 4.85. The normalized spacial score (nSPS) is 12.1. The summed E-state index contributed by atoms with van der Waals surface area (Å²) in [5.41, 5.74) is 6.31. The van der Waals surface area contributed by atoms with Gasteiger partial charge in [0.15, 0.2) is 0 Å². The highest BCUT2D eigenvalue weighted by Gasteiger charge is 2.04. The summed E-state index contributed by atoms with van der Waals surface area (Å²) < 4.78 is 0. The van der Waals surface area contributed by atoms with Crippen molar-refractivity contribution in [3.05, 3.63) is 29.0 Å². The molecule has 1 heterocycles. The highest BCUT2D eigenvalue weighted by Crippen LogP contribution is 2.11. The lowest BCUT2D eigenvalue weighted by Gasteiger charge is -2.03. The number of pyridine rings is 1. The SMILES string of the molecule is CC(C)CN=C(N)c1ncccc1Cl. The van der Waals surface area contributed by atoms with Crippen LogP contribution in [0, 0.1) is 5.92 Å². The fourth-order valence-corrected chi connectivity index (χ4v) is 1.15. The number of aliphatic imine (C=N–C) groups is 1. The van der Waals surface area contributed by atoms with E-state index in [0.29, 0.717) is 29.0 Å². The first-order chi connectivity index (χ1) is 6.61. The molecule has 14 heavy (non-hydrogen) atoms. The van der Waals surface area contributed by atoms with Crippen molar-refractivity contribution in [1.29, 1.82) is 0 Å². The number of halogens is 1. The lowest BCUT2D eigenvalue weighted by atomic mass is 10.2. The van der Waals surface area contributed by atoms with Gasteiger partial charge < -0.3 is 5.73 Å². The van der Waals surface area contributed by atoms with E-state index >= 15 is 0 Å². The fourth-order valence-electron chi connectivity index (χ4n) is 0.930. The molecule has 0 atom stereocenters. The average Bonchev–Trinajstić information content (AvgIpc) is 2.15. The van der Waals surface area contributed by atoms with Crippen molar-refractivity contribution in [1.82, 2.24) is 4.98 Å². The Morgan fingerprint density at radius 1 is 1.64 bits per heavy atom. The Morgan fingerprint density at radius 2 is 2.36 bits per heavy atom. The van der Waals surface area contributed by atoms with Crippen LogP contribution < -0.4 is 5.73 Å². The van der Waals surface area contributed by atoms with E-state index in [9.17, 15) is 0 Å². The second-order valence-electron chi connectivity index (χ2n) is 3.45. The molecule has 1 rings (SSSR count). The number of nitrogens with two attached hydrogens (primary N) is 1. The molecule has 0 aliphatic heterocycles. The first kappa shape index (κ1) is 11.0. The van der Waals surface area contributed by atoms with Crippen molar-refractivity contribution in [2.75, 3.05) is 6.54 Å². The fraction of sp³-hybridized carbons (Fsp3) is 0.400. The van der Waals surface area contributed by atoms with Crippen LogP contribution in [0.15, 0.2) is 23.3 Å².